The Kier molecular flexibility index (Phi) is 7.41. The molecule has 9 heteroatoms. The molecule has 0 saturated heterocycles. The third kappa shape index (κ3) is 4.65. The molecule has 3 aromatic rings. The summed E-state index contributed by atoms with van der Waals surface area (Å²) in [5, 5.41) is 8.85. The second-order valence-corrected chi connectivity index (χ2v) is 7.90. The highest BCUT2D eigenvalue weighted by Crippen LogP contribution is 2.68. The summed E-state index contributed by atoms with van der Waals surface area (Å²) in [4.78, 5) is 0. The molecule has 0 spiro atoms. The summed E-state index contributed by atoms with van der Waals surface area (Å²) >= 11 is 0. The lowest BCUT2D eigenvalue weighted by atomic mass is 9.76. The predicted octanol–water partition coefficient (Wildman–Crippen LogP) is 6.68. The van der Waals surface area contributed by atoms with E-state index in [2.05, 4.69) is 28.2 Å². The number of ether oxygens (including phenoxy) is 2. The van der Waals surface area contributed by atoms with E-state index in [-0.39, 0.29) is 11.1 Å². The maximum Gasteiger partial charge on any atom is 0.395 e. The molecular weight excluding hydrogens is 498 g/mol. The summed E-state index contributed by atoms with van der Waals surface area (Å²) < 4.78 is 94.0. The van der Waals surface area contributed by atoms with Crippen LogP contribution in [-0.2, 0) is 6.42 Å². The molecule has 4 rings (SSSR count). The lowest BCUT2D eigenvalue weighted by molar-refractivity contribution is -0.527. The minimum absolute atomic E-state index is 0.280. The van der Waals surface area contributed by atoms with Crippen molar-refractivity contribution >= 4 is 0 Å². The highest BCUT2D eigenvalue weighted by Gasteiger charge is 3.03. The highest BCUT2D eigenvalue weighted by molar-refractivity contribution is 5.40. The molecule has 0 radical (unpaired) electrons. The molecule has 2 unspecified atom stereocenters. The smallest absolute Gasteiger partial charge is 0.395 e. The van der Waals surface area contributed by atoms with Crippen LogP contribution < -0.4 is 9.47 Å². The van der Waals surface area contributed by atoms with E-state index in [1.54, 1.807) is 12.1 Å². The number of halogens is 6. The van der Waals surface area contributed by atoms with Crippen LogP contribution in [0.3, 0.4) is 0 Å². The van der Waals surface area contributed by atoms with E-state index in [4.69, 9.17) is 18.0 Å². The summed E-state index contributed by atoms with van der Waals surface area (Å²) in [5.74, 6) is -17.2. The summed E-state index contributed by atoms with van der Waals surface area (Å²) in [7, 11) is 0. The number of phenols is 1. The first kappa shape index (κ1) is 27.3. The molecule has 2 atom stereocenters. The number of rotatable bonds is 5. The molecule has 192 valence electrons. The number of aromatic hydroxyl groups is 1. The van der Waals surface area contributed by atoms with Gasteiger partial charge in [-0.2, -0.15) is 26.3 Å². The van der Waals surface area contributed by atoms with Crippen molar-refractivity contribution in [3.05, 3.63) is 89.5 Å². The van der Waals surface area contributed by atoms with Crippen LogP contribution in [0.2, 0.25) is 0 Å². The second-order valence-electron chi connectivity index (χ2n) is 7.90. The molecule has 1 saturated carbocycles. The van der Waals surface area contributed by atoms with E-state index < -0.39 is 35.1 Å². The first-order chi connectivity index (χ1) is 17.3. The number of terminal acetylenes is 2. The highest BCUT2D eigenvalue weighted by atomic mass is 19.3. The zero-order chi connectivity index (χ0) is 27.5. The first-order valence-electron chi connectivity index (χ1n) is 10.8. The first-order valence-corrected chi connectivity index (χ1v) is 10.8. The van der Waals surface area contributed by atoms with E-state index in [0.29, 0.717) is 5.75 Å². The van der Waals surface area contributed by atoms with Crippen molar-refractivity contribution < 1.29 is 40.9 Å². The fraction of sp³-hybridized carbons (Fsp3) is 0.214. The molecule has 1 aliphatic carbocycles. The van der Waals surface area contributed by atoms with Gasteiger partial charge in [-0.05, 0) is 72.6 Å². The summed E-state index contributed by atoms with van der Waals surface area (Å²) in [5.41, 5.74) is 1.82. The van der Waals surface area contributed by atoms with Crippen molar-refractivity contribution in [2.75, 3.05) is 0 Å². The zero-order valence-corrected chi connectivity index (χ0v) is 19.3. The molecule has 0 aromatic heterocycles. The van der Waals surface area contributed by atoms with Gasteiger partial charge in [0, 0.05) is 11.1 Å². The summed E-state index contributed by atoms with van der Waals surface area (Å²) in [6.07, 6.45) is 11.3. The number of alkyl halides is 6. The fourth-order valence-corrected chi connectivity index (χ4v) is 3.30. The Morgan fingerprint density at radius 1 is 0.649 bits per heavy atom. The molecular formula is C28H20F6O3. The quantitative estimate of drug-likeness (QED) is 0.303. The third-order valence-corrected chi connectivity index (χ3v) is 5.52. The van der Waals surface area contributed by atoms with Crippen molar-refractivity contribution in [2.24, 2.45) is 0 Å². The Hall–Kier alpha value is -4.24. The normalized spacial score (nSPS) is 22.7. The van der Waals surface area contributed by atoms with Crippen LogP contribution >= 0.6 is 0 Å². The van der Waals surface area contributed by atoms with Gasteiger partial charge in [0.05, 0.1) is 0 Å². The Bertz CT molecular complexity index is 1230. The van der Waals surface area contributed by atoms with Crippen LogP contribution in [0.25, 0.3) is 0 Å². The van der Waals surface area contributed by atoms with Crippen molar-refractivity contribution in [1.82, 2.24) is 0 Å². The van der Waals surface area contributed by atoms with Crippen LogP contribution in [0.15, 0.2) is 72.8 Å². The number of hydrogen-bond donors (Lipinski definition) is 1. The summed E-state index contributed by atoms with van der Waals surface area (Å²) in [6.45, 7) is 2.09. The molecule has 1 N–H and O–H groups in total. The van der Waals surface area contributed by atoms with Gasteiger partial charge in [0.15, 0.2) is 0 Å². The SMILES string of the molecule is C#Cc1ccc(OC2(F)C(F)(F)C(F)(F)C2(F)Oc2ccc(C#C)cc2)cc1.CCc1ccc(O)cc1. The van der Waals surface area contributed by atoms with Crippen LogP contribution in [-0.4, -0.2) is 28.7 Å². The van der Waals surface area contributed by atoms with E-state index in [1.807, 2.05) is 12.1 Å². The van der Waals surface area contributed by atoms with Gasteiger partial charge >= 0.3 is 23.6 Å². The molecule has 3 aromatic carbocycles. The maximum atomic E-state index is 14.9. The molecule has 3 nitrogen and oxygen atoms in total. The Morgan fingerprint density at radius 3 is 1.30 bits per heavy atom. The lowest BCUT2D eigenvalue weighted by Gasteiger charge is -2.55. The molecule has 1 aliphatic rings. The van der Waals surface area contributed by atoms with Gasteiger partial charge in [-0.25, -0.2) is 0 Å². The van der Waals surface area contributed by atoms with Gasteiger partial charge in [0.2, 0.25) is 0 Å². The standard InChI is InChI=1S/C20H10F6O2.C8H10O/c1-3-13-5-9-15(10-6-13)27-19(25)17(21,22)18(23,24)20(19,26)28-16-11-7-14(4-2)8-12-16;1-2-7-3-5-8(9)6-4-7/h1-2,5-12H;3-6,9H,2H2,1H3. The molecule has 0 heterocycles. The molecule has 0 bridgehead atoms. The van der Waals surface area contributed by atoms with Crippen LogP contribution in [0.1, 0.15) is 23.6 Å². The van der Waals surface area contributed by atoms with Gasteiger partial charge in [-0.15, -0.1) is 12.8 Å². The van der Waals surface area contributed by atoms with E-state index in [0.717, 1.165) is 30.7 Å². The van der Waals surface area contributed by atoms with Gasteiger partial charge < -0.3 is 14.6 Å². The number of benzene rings is 3. The van der Waals surface area contributed by atoms with Gasteiger partial charge in [-0.1, -0.05) is 30.9 Å². The Morgan fingerprint density at radius 2 is 1.00 bits per heavy atom. The Labute approximate surface area is 209 Å². The maximum absolute atomic E-state index is 14.9. The third-order valence-electron chi connectivity index (χ3n) is 5.52. The van der Waals surface area contributed by atoms with Crippen molar-refractivity contribution in [2.45, 2.75) is 36.9 Å². The van der Waals surface area contributed by atoms with Gasteiger partial charge in [0.25, 0.3) is 0 Å². The summed E-state index contributed by atoms with van der Waals surface area (Å²) in [6, 6.07) is 15.7. The second kappa shape index (κ2) is 10.0. The van der Waals surface area contributed by atoms with Crippen molar-refractivity contribution in [1.29, 1.82) is 0 Å². The average molecular weight is 518 g/mol. The molecule has 0 amide bonds. The van der Waals surface area contributed by atoms with Crippen molar-refractivity contribution in [3.8, 4) is 41.9 Å². The molecule has 1 fully saturated rings. The largest absolute Gasteiger partial charge is 0.508 e. The van der Waals surface area contributed by atoms with Gasteiger partial charge in [0.1, 0.15) is 17.2 Å². The van der Waals surface area contributed by atoms with Crippen molar-refractivity contribution in [3.63, 3.8) is 0 Å². The Balaban J connectivity index is 0.000000356. The predicted molar refractivity (Wildman–Crippen MR) is 125 cm³/mol. The number of aryl methyl sites for hydroxylation is 1. The lowest BCUT2D eigenvalue weighted by Crippen LogP contribution is -2.89. The molecule has 0 aliphatic heterocycles. The van der Waals surface area contributed by atoms with Crippen LogP contribution in [0, 0.1) is 24.7 Å². The average Bonchev–Trinajstić information content (AvgIpc) is 2.89. The number of phenolic OH excluding ortho intramolecular Hbond substituents is 1. The van der Waals surface area contributed by atoms with Crippen LogP contribution in [0.4, 0.5) is 26.3 Å². The number of hydrogen-bond acceptors (Lipinski definition) is 3. The zero-order valence-electron chi connectivity index (χ0n) is 19.3. The minimum atomic E-state index is -5.52. The fourth-order valence-electron chi connectivity index (χ4n) is 3.30. The van der Waals surface area contributed by atoms with E-state index >= 15 is 0 Å². The minimum Gasteiger partial charge on any atom is -0.508 e. The van der Waals surface area contributed by atoms with E-state index in [9.17, 15) is 26.3 Å². The van der Waals surface area contributed by atoms with Crippen LogP contribution in [0.5, 0.6) is 17.2 Å². The van der Waals surface area contributed by atoms with E-state index in [1.165, 1.54) is 29.8 Å². The van der Waals surface area contributed by atoms with Gasteiger partial charge in [-0.3, -0.25) is 0 Å². The molecule has 37 heavy (non-hydrogen) atoms. The topological polar surface area (TPSA) is 38.7 Å². The monoisotopic (exact) mass is 518 g/mol.